The van der Waals surface area contributed by atoms with Gasteiger partial charge >= 0.3 is 0 Å². The number of aromatic nitrogens is 1. The summed E-state index contributed by atoms with van der Waals surface area (Å²) in [6.45, 7) is 3.33. The van der Waals surface area contributed by atoms with Gasteiger partial charge in [-0.3, -0.25) is 9.69 Å². The molecule has 1 amide bonds. The van der Waals surface area contributed by atoms with Gasteiger partial charge in [-0.1, -0.05) is 30.3 Å². The standard InChI is InChI=1S/C24H28FN3O2/c25-20-7-3-5-18(15-20)23(28-11-13-30-14-12-28)17-27-24(29)10-4-6-19-16-26-22-9-2-1-8-21(19)22/h1-3,5,7-9,15-16,23,26H,4,6,10-14,17H2,(H,27,29). The quantitative estimate of drug-likeness (QED) is 0.595. The molecule has 1 unspecified atom stereocenters. The van der Waals surface area contributed by atoms with Crippen LogP contribution in [0.5, 0.6) is 0 Å². The number of para-hydroxylation sites is 1. The molecule has 0 aliphatic carbocycles. The van der Waals surface area contributed by atoms with Gasteiger partial charge < -0.3 is 15.0 Å². The van der Waals surface area contributed by atoms with Crippen molar-refractivity contribution in [1.82, 2.24) is 15.2 Å². The van der Waals surface area contributed by atoms with Gasteiger partial charge in [0.2, 0.25) is 5.91 Å². The minimum absolute atomic E-state index is 0.0319. The molecule has 1 aromatic heterocycles. The number of amides is 1. The van der Waals surface area contributed by atoms with E-state index in [1.54, 1.807) is 12.1 Å². The van der Waals surface area contributed by atoms with Gasteiger partial charge in [-0.05, 0) is 42.2 Å². The fourth-order valence-electron chi connectivity index (χ4n) is 4.14. The van der Waals surface area contributed by atoms with Crippen LogP contribution in [-0.2, 0) is 16.0 Å². The number of hydrogen-bond acceptors (Lipinski definition) is 3. The number of nitrogens with zero attached hydrogens (tertiary/aromatic N) is 1. The molecule has 4 rings (SSSR count). The van der Waals surface area contributed by atoms with Gasteiger partial charge in [-0.2, -0.15) is 0 Å². The summed E-state index contributed by atoms with van der Waals surface area (Å²) in [5.41, 5.74) is 3.25. The number of halogens is 1. The second-order valence-electron chi connectivity index (χ2n) is 7.74. The summed E-state index contributed by atoms with van der Waals surface area (Å²) in [6, 6.07) is 14.8. The molecule has 1 atom stereocenters. The molecular weight excluding hydrogens is 381 g/mol. The maximum atomic E-state index is 13.8. The lowest BCUT2D eigenvalue weighted by Gasteiger charge is -2.35. The monoisotopic (exact) mass is 409 g/mol. The van der Waals surface area contributed by atoms with Crippen molar-refractivity contribution in [2.24, 2.45) is 0 Å². The molecule has 0 bridgehead atoms. The first-order valence-electron chi connectivity index (χ1n) is 10.6. The zero-order valence-electron chi connectivity index (χ0n) is 17.1. The molecule has 2 aromatic carbocycles. The Kier molecular flexibility index (Phi) is 6.77. The van der Waals surface area contributed by atoms with Crippen LogP contribution in [0.2, 0.25) is 0 Å². The van der Waals surface area contributed by atoms with E-state index in [4.69, 9.17) is 4.74 Å². The topological polar surface area (TPSA) is 57.4 Å². The van der Waals surface area contributed by atoms with Crippen LogP contribution >= 0.6 is 0 Å². The van der Waals surface area contributed by atoms with Crippen LogP contribution in [0.3, 0.4) is 0 Å². The number of fused-ring (bicyclic) bond motifs is 1. The fraction of sp³-hybridized carbons (Fsp3) is 0.375. The van der Waals surface area contributed by atoms with Crippen molar-refractivity contribution < 1.29 is 13.9 Å². The summed E-state index contributed by atoms with van der Waals surface area (Å²) in [4.78, 5) is 18.0. The van der Waals surface area contributed by atoms with Crippen molar-refractivity contribution in [3.63, 3.8) is 0 Å². The third-order valence-corrected chi connectivity index (χ3v) is 5.74. The number of carbonyl (C=O) groups excluding carboxylic acids is 1. The highest BCUT2D eigenvalue weighted by Crippen LogP contribution is 2.22. The minimum Gasteiger partial charge on any atom is -0.379 e. The summed E-state index contributed by atoms with van der Waals surface area (Å²) < 4.78 is 19.2. The highest BCUT2D eigenvalue weighted by Gasteiger charge is 2.23. The molecule has 6 heteroatoms. The third-order valence-electron chi connectivity index (χ3n) is 5.74. The number of H-pyrrole nitrogens is 1. The molecule has 1 aliphatic rings. The Hall–Kier alpha value is -2.70. The van der Waals surface area contributed by atoms with E-state index in [2.05, 4.69) is 27.3 Å². The Bertz CT molecular complexity index is 981. The summed E-state index contributed by atoms with van der Waals surface area (Å²) in [5, 5.41) is 4.28. The van der Waals surface area contributed by atoms with Gasteiger partial charge in [0.1, 0.15) is 5.82 Å². The first kappa shape index (κ1) is 20.6. The molecule has 3 aromatic rings. The molecule has 0 spiro atoms. The Labute approximate surface area is 176 Å². The number of ether oxygens (including phenoxy) is 1. The molecule has 5 nitrogen and oxygen atoms in total. The van der Waals surface area contributed by atoms with Crippen LogP contribution < -0.4 is 5.32 Å². The predicted molar refractivity (Wildman–Crippen MR) is 116 cm³/mol. The van der Waals surface area contributed by atoms with E-state index in [1.165, 1.54) is 17.0 Å². The van der Waals surface area contributed by atoms with Gasteiger partial charge in [-0.15, -0.1) is 0 Å². The number of morpholine rings is 1. The summed E-state index contributed by atoms with van der Waals surface area (Å²) in [5.74, 6) is -0.222. The van der Waals surface area contributed by atoms with E-state index in [-0.39, 0.29) is 17.8 Å². The Balaban J connectivity index is 1.32. The van der Waals surface area contributed by atoms with E-state index >= 15 is 0 Å². The first-order chi connectivity index (χ1) is 14.7. The summed E-state index contributed by atoms with van der Waals surface area (Å²) in [6.07, 6.45) is 4.14. The molecule has 158 valence electrons. The molecule has 30 heavy (non-hydrogen) atoms. The lowest BCUT2D eigenvalue weighted by Crippen LogP contribution is -2.43. The third kappa shape index (κ3) is 5.07. The van der Waals surface area contributed by atoms with Gasteiger partial charge in [-0.25, -0.2) is 4.39 Å². The normalized spacial score (nSPS) is 15.9. The Morgan fingerprint density at radius 2 is 2.00 bits per heavy atom. The smallest absolute Gasteiger partial charge is 0.220 e. The van der Waals surface area contributed by atoms with Crippen LogP contribution in [0.25, 0.3) is 10.9 Å². The van der Waals surface area contributed by atoms with Crippen LogP contribution in [0.15, 0.2) is 54.7 Å². The maximum Gasteiger partial charge on any atom is 0.220 e. The van der Waals surface area contributed by atoms with Gasteiger partial charge in [0.25, 0.3) is 0 Å². The van der Waals surface area contributed by atoms with E-state index in [0.717, 1.165) is 37.0 Å². The summed E-state index contributed by atoms with van der Waals surface area (Å²) >= 11 is 0. The Morgan fingerprint density at radius 3 is 2.83 bits per heavy atom. The largest absolute Gasteiger partial charge is 0.379 e. The van der Waals surface area contributed by atoms with E-state index in [0.29, 0.717) is 26.2 Å². The lowest BCUT2D eigenvalue weighted by molar-refractivity contribution is -0.121. The van der Waals surface area contributed by atoms with Crippen LogP contribution in [0.4, 0.5) is 4.39 Å². The molecule has 0 saturated carbocycles. The van der Waals surface area contributed by atoms with Crippen LogP contribution in [-0.4, -0.2) is 48.6 Å². The highest BCUT2D eigenvalue weighted by molar-refractivity contribution is 5.83. The van der Waals surface area contributed by atoms with Crippen molar-refractivity contribution in [2.75, 3.05) is 32.8 Å². The van der Waals surface area contributed by atoms with Gasteiger partial charge in [0, 0.05) is 43.2 Å². The SMILES string of the molecule is O=C(CCCc1c[nH]c2ccccc12)NCC(c1cccc(F)c1)N1CCOCC1. The zero-order chi connectivity index (χ0) is 20.8. The average Bonchev–Trinajstić information content (AvgIpc) is 3.18. The number of benzene rings is 2. The molecular formula is C24H28FN3O2. The van der Waals surface area contributed by atoms with Crippen molar-refractivity contribution in [3.8, 4) is 0 Å². The van der Waals surface area contributed by atoms with Crippen molar-refractivity contribution in [1.29, 1.82) is 0 Å². The maximum absolute atomic E-state index is 13.8. The molecule has 2 N–H and O–H groups in total. The number of aryl methyl sites for hydroxylation is 1. The highest BCUT2D eigenvalue weighted by atomic mass is 19.1. The van der Waals surface area contributed by atoms with Crippen molar-refractivity contribution >= 4 is 16.8 Å². The molecule has 2 heterocycles. The van der Waals surface area contributed by atoms with Crippen LogP contribution in [0.1, 0.15) is 30.0 Å². The predicted octanol–water partition coefficient (Wildman–Crippen LogP) is 3.82. The minimum atomic E-state index is -0.254. The number of rotatable bonds is 8. The fourth-order valence-corrected chi connectivity index (χ4v) is 4.14. The number of hydrogen-bond donors (Lipinski definition) is 2. The molecule has 1 saturated heterocycles. The van der Waals surface area contributed by atoms with Gasteiger partial charge in [0.15, 0.2) is 0 Å². The van der Waals surface area contributed by atoms with E-state index in [1.807, 2.05) is 24.4 Å². The summed E-state index contributed by atoms with van der Waals surface area (Å²) in [7, 11) is 0. The Morgan fingerprint density at radius 1 is 1.17 bits per heavy atom. The van der Waals surface area contributed by atoms with Gasteiger partial charge in [0.05, 0.1) is 19.3 Å². The van der Waals surface area contributed by atoms with Crippen LogP contribution in [0, 0.1) is 5.82 Å². The van der Waals surface area contributed by atoms with E-state index in [9.17, 15) is 9.18 Å². The number of aromatic amines is 1. The van der Waals surface area contributed by atoms with Crippen molar-refractivity contribution in [2.45, 2.75) is 25.3 Å². The van der Waals surface area contributed by atoms with Crippen molar-refractivity contribution in [3.05, 3.63) is 71.7 Å². The second kappa shape index (κ2) is 9.87. The zero-order valence-corrected chi connectivity index (χ0v) is 17.1. The lowest BCUT2D eigenvalue weighted by atomic mass is 10.0. The number of nitrogens with one attached hydrogen (secondary N) is 2. The second-order valence-corrected chi connectivity index (χ2v) is 7.74. The first-order valence-corrected chi connectivity index (χ1v) is 10.6. The average molecular weight is 410 g/mol. The van der Waals surface area contributed by atoms with E-state index < -0.39 is 0 Å². The molecule has 0 radical (unpaired) electrons. The molecule has 1 fully saturated rings. The molecule has 1 aliphatic heterocycles. The number of carbonyl (C=O) groups is 1.